The summed E-state index contributed by atoms with van der Waals surface area (Å²) >= 11 is 0. The lowest BCUT2D eigenvalue weighted by molar-refractivity contribution is -0.169. The number of aliphatic hydroxyl groups is 1. The molecule has 1 aliphatic rings. The van der Waals surface area contributed by atoms with E-state index in [0.717, 1.165) is 43.1 Å². The molecule has 0 spiro atoms. The molecular formula is C41H72N2O8. The Bertz CT molecular complexity index is 1150. The van der Waals surface area contributed by atoms with Crippen LogP contribution < -0.4 is 11.2 Å². The molecule has 0 aliphatic carbocycles. The van der Waals surface area contributed by atoms with Crippen molar-refractivity contribution < 1.29 is 28.9 Å². The van der Waals surface area contributed by atoms with Crippen LogP contribution in [-0.4, -0.2) is 51.5 Å². The Morgan fingerprint density at radius 2 is 1.00 bits per heavy atom. The molecular weight excluding hydrogens is 648 g/mol. The van der Waals surface area contributed by atoms with E-state index in [9.17, 15) is 24.3 Å². The van der Waals surface area contributed by atoms with E-state index in [0.29, 0.717) is 12.8 Å². The van der Waals surface area contributed by atoms with Crippen molar-refractivity contribution in [2.75, 3.05) is 6.61 Å². The summed E-state index contributed by atoms with van der Waals surface area (Å²) in [5.41, 5.74) is -1.33. The molecule has 10 nitrogen and oxygen atoms in total. The summed E-state index contributed by atoms with van der Waals surface area (Å²) in [5, 5.41) is 10.1. The van der Waals surface area contributed by atoms with Gasteiger partial charge in [-0.15, -0.1) is 0 Å². The highest BCUT2D eigenvalue weighted by Crippen LogP contribution is 2.34. The highest BCUT2D eigenvalue weighted by Gasteiger charge is 2.50. The van der Waals surface area contributed by atoms with Crippen molar-refractivity contribution in [2.24, 2.45) is 0 Å². The number of hydrogen-bond donors (Lipinski definition) is 2. The first kappa shape index (κ1) is 44.7. The zero-order chi connectivity index (χ0) is 36.9. The molecule has 0 aromatic carbocycles. The Morgan fingerprint density at radius 1 is 0.627 bits per heavy atom. The second-order valence-electron chi connectivity index (χ2n) is 14.7. The van der Waals surface area contributed by atoms with Crippen molar-refractivity contribution in [3.63, 3.8) is 0 Å². The minimum Gasteiger partial charge on any atom is -0.455 e. The van der Waals surface area contributed by atoms with E-state index < -0.39 is 54.3 Å². The number of nitrogens with one attached hydrogen (secondary N) is 1. The largest absolute Gasteiger partial charge is 0.455 e. The van der Waals surface area contributed by atoms with E-state index in [1.807, 2.05) is 0 Å². The lowest BCUT2D eigenvalue weighted by Gasteiger charge is -2.24. The van der Waals surface area contributed by atoms with Gasteiger partial charge in [0.25, 0.3) is 5.56 Å². The molecule has 0 amide bonds. The van der Waals surface area contributed by atoms with Crippen LogP contribution >= 0.6 is 0 Å². The van der Waals surface area contributed by atoms with Gasteiger partial charge in [-0.05, 0) is 12.8 Å². The standard InChI is InChI=1S/C41H72N2O8/c1-3-5-7-9-11-13-15-17-19-21-23-25-27-29-36(46)50-38-34(33-44)49-40(43-32-31-35(45)42-41(43)48)39(38)51-37(47)30-28-26-24-22-20-18-16-14-12-10-8-6-4-2/h31-32,34,38-40,44H,3-30,33H2,1-2H3,(H,42,45,48)/t34-,38-,39-,40-/m1/s1. The van der Waals surface area contributed by atoms with Crippen LogP contribution in [0.2, 0.25) is 0 Å². The monoisotopic (exact) mass is 721 g/mol. The molecule has 1 aliphatic heterocycles. The molecule has 4 atom stereocenters. The molecule has 1 aromatic heterocycles. The second kappa shape index (κ2) is 29.0. The van der Waals surface area contributed by atoms with Crippen LogP contribution in [0.15, 0.2) is 21.9 Å². The van der Waals surface area contributed by atoms with Gasteiger partial charge in [0.15, 0.2) is 18.4 Å². The van der Waals surface area contributed by atoms with Crippen LogP contribution in [0.3, 0.4) is 0 Å². The average Bonchev–Trinajstić information content (AvgIpc) is 3.44. The molecule has 294 valence electrons. The van der Waals surface area contributed by atoms with Crippen LogP contribution in [0.5, 0.6) is 0 Å². The number of carbonyl (C=O) groups is 2. The van der Waals surface area contributed by atoms with E-state index in [1.54, 1.807) is 0 Å². The number of unbranched alkanes of at least 4 members (excludes halogenated alkanes) is 24. The predicted octanol–water partition coefficient (Wildman–Crippen LogP) is 9.21. The van der Waals surface area contributed by atoms with Gasteiger partial charge in [0.2, 0.25) is 0 Å². The number of rotatable bonds is 32. The van der Waals surface area contributed by atoms with Crippen LogP contribution in [0, 0.1) is 0 Å². The zero-order valence-corrected chi connectivity index (χ0v) is 32.2. The lowest BCUT2D eigenvalue weighted by atomic mass is 10.0. The SMILES string of the molecule is CCCCCCCCCCCCCCCC(=O)O[C@@H]1[C@H](OC(=O)CCCCCCCCCCCCCCC)[C@@H](CO)O[C@H]1n1ccc(=O)[nH]c1=O. The zero-order valence-electron chi connectivity index (χ0n) is 32.2. The second-order valence-corrected chi connectivity index (χ2v) is 14.7. The number of aliphatic hydroxyl groups excluding tert-OH is 1. The molecule has 10 heteroatoms. The number of aromatic nitrogens is 2. The van der Waals surface area contributed by atoms with Crippen LogP contribution in [0.25, 0.3) is 0 Å². The quantitative estimate of drug-likeness (QED) is 0.0555. The third kappa shape index (κ3) is 19.8. The van der Waals surface area contributed by atoms with Gasteiger partial charge in [-0.1, -0.05) is 168 Å². The molecule has 51 heavy (non-hydrogen) atoms. The van der Waals surface area contributed by atoms with E-state index in [1.165, 1.54) is 128 Å². The van der Waals surface area contributed by atoms with E-state index in [2.05, 4.69) is 18.8 Å². The number of ether oxygens (including phenoxy) is 3. The fraction of sp³-hybridized carbons (Fsp3) is 0.854. The van der Waals surface area contributed by atoms with Crippen LogP contribution in [0.4, 0.5) is 0 Å². The van der Waals surface area contributed by atoms with Gasteiger partial charge in [0.1, 0.15) is 6.10 Å². The summed E-state index contributed by atoms with van der Waals surface area (Å²) in [6.07, 6.45) is 28.3. The summed E-state index contributed by atoms with van der Waals surface area (Å²) in [6, 6.07) is 1.17. The third-order valence-electron chi connectivity index (χ3n) is 10.1. The van der Waals surface area contributed by atoms with Gasteiger partial charge in [0, 0.05) is 25.1 Å². The summed E-state index contributed by atoms with van der Waals surface area (Å²) in [7, 11) is 0. The number of nitrogens with zero attached hydrogens (tertiary/aromatic N) is 1. The van der Waals surface area contributed by atoms with Gasteiger partial charge in [0.05, 0.1) is 6.61 Å². The number of carbonyl (C=O) groups excluding carboxylic acids is 2. The lowest BCUT2D eigenvalue weighted by Crippen LogP contribution is -2.42. The maximum Gasteiger partial charge on any atom is 0.330 e. The predicted molar refractivity (Wildman–Crippen MR) is 203 cm³/mol. The fourth-order valence-corrected chi connectivity index (χ4v) is 6.97. The molecule has 0 radical (unpaired) electrons. The average molecular weight is 721 g/mol. The Labute approximate surface area is 307 Å². The summed E-state index contributed by atoms with van der Waals surface area (Å²) in [5.74, 6) is -0.942. The van der Waals surface area contributed by atoms with Gasteiger partial charge in [-0.25, -0.2) is 4.79 Å². The Hall–Kier alpha value is -2.46. The molecule has 1 aromatic rings. The summed E-state index contributed by atoms with van der Waals surface area (Å²) < 4.78 is 18.6. The number of esters is 2. The van der Waals surface area contributed by atoms with E-state index >= 15 is 0 Å². The van der Waals surface area contributed by atoms with Crippen molar-refractivity contribution in [2.45, 2.75) is 218 Å². The maximum absolute atomic E-state index is 13.0. The molecule has 0 bridgehead atoms. The molecule has 0 saturated carbocycles. The van der Waals surface area contributed by atoms with Crippen molar-refractivity contribution in [1.82, 2.24) is 9.55 Å². The summed E-state index contributed by atoms with van der Waals surface area (Å²) in [4.78, 5) is 52.5. The molecule has 1 saturated heterocycles. The fourth-order valence-electron chi connectivity index (χ4n) is 6.97. The normalized spacial score (nSPS) is 18.6. The first-order valence-electron chi connectivity index (χ1n) is 20.9. The minimum absolute atomic E-state index is 0.185. The van der Waals surface area contributed by atoms with E-state index in [4.69, 9.17) is 14.2 Å². The third-order valence-corrected chi connectivity index (χ3v) is 10.1. The topological polar surface area (TPSA) is 137 Å². The van der Waals surface area contributed by atoms with Crippen molar-refractivity contribution in [1.29, 1.82) is 0 Å². The van der Waals surface area contributed by atoms with Gasteiger partial charge >= 0.3 is 17.6 Å². The Balaban J connectivity index is 1.77. The molecule has 0 unspecified atom stereocenters. The van der Waals surface area contributed by atoms with E-state index in [-0.39, 0.29) is 12.8 Å². The van der Waals surface area contributed by atoms with Crippen molar-refractivity contribution in [3.8, 4) is 0 Å². The number of hydrogen-bond acceptors (Lipinski definition) is 8. The van der Waals surface area contributed by atoms with Crippen LogP contribution in [-0.2, 0) is 23.8 Å². The Morgan fingerprint density at radius 3 is 1.37 bits per heavy atom. The first-order valence-corrected chi connectivity index (χ1v) is 20.9. The van der Waals surface area contributed by atoms with Gasteiger partial charge in [-0.3, -0.25) is 23.9 Å². The summed E-state index contributed by atoms with van der Waals surface area (Å²) in [6.45, 7) is 3.98. The smallest absolute Gasteiger partial charge is 0.330 e. The van der Waals surface area contributed by atoms with Gasteiger partial charge in [-0.2, -0.15) is 0 Å². The number of aromatic amines is 1. The first-order chi connectivity index (χ1) is 24.9. The molecule has 1 fully saturated rings. The van der Waals surface area contributed by atoms with Crippen molar-refractivity contribution in [3.05, 3.63) is 33.1 Å². The van der Waals surface area contributed by atoms with Crippen molar-refractivity contribution >= 4 is 11.9 Å². The number of H-pyrrole nitrogens is 1. The molecule has 2 rings (SSSR count). The molecule has 2 N–H and O–H groups in total. The molecule has 2 heterocycles. The highest BCUT2D eigenvalue weighted by atomic mass is 16.6. The minimum atomic E-state index is -1.17. The Kier molecular flexibility index (Phi) is 25.5. The van der Waals surface area contributed by atoms with Gasteiger partial charge < -0.3 is 19.3 Å². The highest BCUT2D eigenvalue weighted by molar-refractivity contribution is 5.70. The maximum atomic E-state index is 13.0. The van der Waals surface area contributed by atoms with Crippen LogP contribution in [0.1, 0.15) is 200 Å².